The maximum absolute atomic E-state index is 11.8. The van der Waals surface area contributed by atoms with Crippen LogP contribution in [0, 0.1) is 11.3 Å². The van der Waals surface area contributed by atoms with E-state index in [1.54, 1.807) is 24.4 Å². The molecular formula is C26H33Cl2N7O2. The summed E-state index contributed by atoms with van der Waals surface area (Å²) in [5.41, 5.74) is 7.37. The van der Waals surface area contributed by atoms with Crippen LogP contribution in [0.15, 0.2) is 24.4 Å². The number of nitrogens with one attached hydrogen (secondary N) is 2. The van der Waals surface area contributed by atoms with E-state index in [9.17, 15) is 9.90 Å². The van der Waals surface area contributed by atoms with E-state index in [1.165, 1.54) is 0 Å². The van der Waals surface area contributed by atoms with E-state index in [-0.39, 0.29) is 35.4 Å². The predicted molar refractivity (Wildman–Crippen MR) is 146 cm³/mol. The van der Waals surface area contributed by atoms with E-state index < -0.39 is 0 Å². The van der Waals surface area contributed by atoms with Gasteiger partial charge in [-0.3, -0.25) is 9.36 Å². The molecule has 9 nitrogen and oxygen atoms in total. The zero-order valence-corrected chi connectivity index (χ0v) is 22.6. The monoisotopic (exact) mass is 545 g/mol. The highest BCUT2D eigenvalue weighted by molar-refractivity contribution is 6.39. The second-order valence-corrected chi connectivity index (χ2v) is 11.8. The zero-order valence-electron chi connectivity index (χ0n) is 21.0. The third kappa shape index (κ3) is 5.35. The smallest absolute Gasteiger partial charge is 0.224 e. The average molecular weight is 547 g/mol. The number of carbonyl (C=O) groups is 1. The van der Waals surface area contributed by atoms with Gasteiger partial charge in [0.25, 0.3) is 0 Å². The van der Waals surface area contributed by atoms with Gasteiger partial charge in [0.05, 0.1) is 28.0 Å². The molecule has 3 aromatic rings. The number of hydrogen-bond donors (Lipinski definition) is 4. The van der Waals surface area contributed by atoms with Crippen LogP contribution < -0.4 is 16.4 Å². The van der Waals surface area contributed by atoms with Crippen molar-refractivity contribution in [1.82, 2.24) is 19.5 Å². The van der Waals surface area contributed by atoms with E-state index in [4.69, 9.17) is 38.9 Å². The molecule has 0 saturated heterocycles. The Labute approximate surface area is 226 Å². The molecule has 2 aromatic heterocycles. The molecular weight excluding hydrogens is 513 g/mol. The van der Waals surface area contributed by atoms with Crippen molar-refractivity contribution >= 4 is 57.9 Å². The summed E-state index contributed by atoms with van der Waals surface area (Å²) in [7, 11) is 0. The van der Waals surface area contributed by atoms with Crippen LogP contribution >= 0.6 is 23.2 Å². The first-order valence-corrected chi connectivity index (χ1v) is 13.6. The van der Waals surface area contributed by atoms with Gasteiger partial charge in [0, 0.05) is 18.0 Å². The summed E-state index contributed by atoms with van der Waals surface area (Å²) in [5, 5.41) is 18.3. The summed E-state index contributed by atoms with van der Waals surface area (Å²) in [6.07, 6.45) is 6.75. The van der Waals surface area contributed by atoms with E-state index >= 15 is 0 Å². The van der Waals surface area contributed by atoms with Gasteiger partial charge in [-0.1, -0.05) is 43.1 Å². The summed E-state index contributed by atoms with van der Waals surface area (Å²) < 4.78 is 2.07. The van der Waals surface area contributed by atoms with Crippen LogP contribution in [-0.2, 0) is 4.79 Å². The number of para-hydroxylation sites is 1. The Morgan fingerprint density at radius 3 is 2.49 bits per heavy atom. The van der Waals surface area contributed by atoms with Crippen molar-refractivity contribution in [3.05, 3.63) is 34.4 Å². The average Bonchev–Trinajstić information content (AvgIpc) is 3.21. The van der Waals surface area contributed by atoms with Crippen molar-refractivity contribution in [2.45, 2.75) is 77.0 Å². The van der Waals surface area contributed by atoms with Gasteiger partial charge in [0.1, 0.15) is 5.52 Å². The molecule has 0 bridgehead atoms. The van der Waals surface area contributed by atoms with Crippen molar-refractivity contribution in [3.8, 4) is 0 Å². The van der Waals surface area contributed by atoms with Crippen molar-refractivity contribution in [2.24, 2.45) is 17.1 Å². The van der Waals surface area contributed by atoms with Crippen LogP contribution in [-0.4, -0.2) is 42.7 Å². The van der Waals surface area contributed by atoms with Gasteiger partial charge >= 0.3 is 0 Å². The highest BCUT2D eigenvalue weighted by Gasteiger charge is 2.35. The van der Waals surface area contributed by atoms with Gasteiger partial charge in [-0.25, -0.2) is 9.97 Å². The Morgan fingerprint density at radius 2 is 1.84 bits per heavy atom. The van der Waals surface area contributed by atoms with Gasteiger partial charge < -0.3 is 21.5 Å². The van der Waals surface area contributed by atoms with Crippen molar-refractivity contribution in [3.63, 3.8) is 0 Å². The lowest BCUT2D eigenvalue weighted by Crippen LogP contribution is -2.41. The number of hydrogen-bond acceptors (Lipinski definition) is 7. The molecule has 2 fully saturated rings. The highest BCUT2D eigenvalue weighted by atomic mass is 35.5. The lowest BCUT2D eigenvalue weighted by Gasteiger charge is -2.39. The Kier molecular flexibility index (Phi) is 7.22. The van der Waals surface area contributed by atoms with E-state index in [1.807, 2.05) is 0 Å². The number of rotatable bonds is 6. The van der Waals surface area contributed by atoms with E-state index in [0.717, 1.165) is 25.7 Å². The number of halogens is 2. The molecule has 5 rings (SSSR count). The number of aliphatic hydroxyl groups excluding tert-OH is 1. The Bertz CT molecular complexity index is 1280. The molecule has 2 aliphatic rings. The lowest BCUT2D eigenvalue weighted by molar-refractivity contribution is -0.122. The van der Waals surface area contributed by atoms with E-state index in [2.05, 4.69) is 34.0 Å². The molecule has 0 aliphatic heterocycles. The molecule has 2 atom stereocenters. The lowest BCUT2D eigenvalue weighted by atomic mass is 9.73. The number of anilines is 3. The number of nitrogens with zero attached hydrogens (tertiary/aromatic N) is 4. The number of imidazole rings is 1. The van der Waals surface area contributed by atoms with Crippen LogP contribution in [0.2, 0.25) is 10.0 Å². The first-order valence-electron chi connectivity index (χ1n) is 12.8. The fraction of sp³-hybridized carbons (Fsp3) is 0.538. The number of aliphatic hydroxyl groups is 1. The molecule has 11 heteroatoms. The highest BCUT2D eigenvalue weighted by Crippen LogP contribution is 2.40. The Balaban J connectivity index is 1.49. The second-order valence-electron chi connectivity index (χ2n) is 11.0. The Morgan fingerprint density at radius 1 is 1.14 bits per heavy atom. The van der Waals surface area contributed by atoms with Crippen molar-refractivity contribution in [1.29, 1.82) is 0 Å². The summed E-state index contributed by atoms with van der Waals surface area (Å²) in [6, 6.07) is 5.47. The molecule has 1 aromatic carbocycles. The molecule has 5 N–H and O–H groups in total. The SMILES string of the molecule is CC1(C)CC[C@@H](Nc2ncc3nc(Nc4c(Cl)cccc4Cl)n(C4CCC(C(N)=O)CC4)c3n2)C[C@H]1O. The minimum Gasteiger partial charge on any atom is -0.392 e. The maximum Gasteiger partial charge on any atom is 0.224 e. The molecule has 198 valence electrons. The fourth-order valence-corrected chi connectivity index (χ4v) is 5.97. The van der Waals surface area contributed by atoms with Crippen molar-refractivity contribution < 1.29 is 9.90 Å². The molecule has 0 radical (unpaired) electrons. The molecule has 0 spiro atoms. The van der Waals surface area contributed by atoms with Crippen LogP contribution in [0.3, 0.4) is 0 Å². The number of amides is 1. The fourth-order valence-electron chi connectivity index (χ4n) is 5.47. The number of aromatic nitrogens is 4. The summed E-state index contributed by atoms with van der Waals surface area (Å²) in [5.74, 6) is 0.698. The van der Waals surface area contributed by atoms with Crippen LogP contribution in [0.5, 0.6) is 0 Å². The minimum atomic E-state index is -0.385. The largest absolute Gasteiger partial charge is 0.392 e. The third-order valence-electron chi connectivity index (χ3n) is 7.98. The van der Waals surface area contributed by atoms with Gasteiger partial charge in [-0.05, 0) is 62.5 Å². The number of primary amides is 1. The maximum atomic E-state index is 11.8. The Hall–Kier alpha value is -2.62. The number of benzene rings is 1. The molecule has 2 heterocycles. The van der Waals surface area contributed by atoms with Gasteiger partial charge in [-0.2, -0.15) is 4.98 Å². The van der Waals surface area contributed by atoms with Crippen LogP contribution in [0.4, 0.5) is 17.6 Å². The van der Waals surface area contributed by atoms with Crippen LogP contribution in [0.1, 0.15) is 64.8 Å². The number of nitrogens with two attached hydrogens (primary N) is 1. The first kappa shape index (κ1) is 26.0. The zero-order chi connectivity index (χ0) is 26.3. The van der Waals surface area contributed by atoms with Gasteiger partial charge in [0.15, 0.2) is 5.65 Å². The number of fused-ring (bicyclic) bond motifs is 1. The third-order valence-corrected chi connectivity index (χ3v) is 8.61. The predicted octanol–water partition coefficient (Wildman–Crippen LogP) is 5.44. The minimum absolute atomic E-state index is 0.0596. The second kappa shape index (κ2) is 10.3. The number of carbonyl (C=O) groups excluding carboxylic acids is 1. The first-order chi connectivity index (χ1) is 17.6. The quantitative estimate of drug-likeness (QED) is 0.324. The van der Waals surface area contributed by atoms with Crippen LogP contribution in [0.25, 0.3) is 11.2 Å². The topological polar surface area (TPSA) is 131 Å². The molecule has 1 amide bonds. The molecule has 2 saturated carbocycles. The van der Waals surface area contributed by atoms with Gasteiger partial charge in [-0.15, -0.1) is 0 Å². The molecule has 2 aliphatic carbocycles. The normalized spacial score (nSPS) is 25.6. The van der Waals surface area contributed by atoms with Gasteiger partial charge in [0.2, 0.25) is 17.8 Å². The van der Waals surface area contributed by atoms with Crippen molar-refractivity contribution in [2.75, 3.05) is 10.6 Å². The standard InChI is InChI=1S/C26H33Cl2N7O2/c1-26(2)11-10-15(12-20(26)36)31-24-30-13-19-23(34-24)35(16-8-6-14(7-9-16)22(29)37)25(32-19)33-21-17(27)4-3-5-18(21)28/h3-5,13-16,20,36H,6-12H2,1-2H3,(H2,29,37)(H,32,33)(H,30,31,34)/t14?,15-,16?,20-/m1/s1. The van der Waals surface area contributed by atoms with E-state index in [0.29, 0.717) is 58.1 Å². The molecule has 0 unspecified atom stereocenters. The summed E-state index contributed by atoms with van der Waals surface area (Å²) >= 11 is 12.9. The summed E-state index contributed by atoms with van der Waals surface area (Å²) in [6.45, 7) is 4.20. The molecule has 37 heavy (non-hydrogen) atoms. The summed E-state index contributed by atoms with van der Waals surface area (Å²) in [4.78, 5) is 25.9.